The number of benzene rings is 2. The van der Waals surface area contributed by atoms with Crippen molar-refractivity contribution in [3.05, 3.63) is 70.0 Å². The number of halogens is 1. The Balaban J connectivity index is 2.60. The molecule has 0 aromatic heterocycles. The van der Waals surface area contributed by atoms with Crippen LogP contribution in [0.2, 0.25) is 0 Å². The highest BCUT2D eigenvalue weighted by Gasteiger charge is 2.17. The average molecular weight is 256 g/mol. The van der Waals surface area contributed by atoms with E-state index in [1.807, 2.05) is 0 Å². The lowest BCUT2D eigenvalue weighted by Crippen LogP contribution is -2.08. The van der Waals surface area contributed by atoms with E-state index < -0.39 is 11.6 Å². The van der Waals surface area contributed by atoms with E-state index in [0.717, 1.165) is 5.56 Å². The summed E-state index contributed by atoms with van der Waals surface area (Å²) in [5.41, 5.74) is 2.22. The summed E-state index contributed by atoms with van der Waals surface area (Å²) in [7, 11) is 0. The molecule has 96 valence electrons. The van der Waals surface area contributed by atoms with Crippen LogP contribution in [0, 0.1) is 19.7 Å². The molecule has 0 radical (unpaired) electrons. The summed E-state index contributed by atoms with van der Waals surface area (Å²) in [6.45, 7) is 3.49. The highest BCUT2D eigenvalue weighted by Crippen LogP contribution is 2.20. The van der Waals surface area contributed by atoms with Crippen LogP contribution < -0.4 is 0 Å². The molecule has 0 bridgehead atoms. The highest BCUT2D eigenvalue weighted by atomic mass is 19.1. The van der Waals surface area contributed by atoms with Crippen LogP contribution in [0.1, 0.15) is 37.4 Å². The largest absolute Gasteiger partial charge is 0.298 e. The SMILES string of the molecule is Cc1cc(C=O)c(C)c(C(=O)c2ccccc2F)c1. The summed E-state index contributed by atoms with van der Waals surface area (Å²) in [6.07, 6.45) is 0.709. The topological polar surface area (TPSA) is 34.1 Å². The van der Waals surface area contributed by atoms with E-state index in [2.05, 4.69) is 0 Å². The van der Waals surface area contributed by atoms with Crippen molar-refractivity contribution in [3.63, 3.8) is 0 Å². The van der Waals surface area contributed by atoms with Crippen molar-refractivity contribution in [3.8, 4) is 0 Å². The fraction of sp³-hybridized carbons (Fsp3) is 0.125. The van der Waals surface area contributed by atoms with Crippen molar-refractivity contribution in [1.82, 2.24) is 0 Å². The highest BCUT2D eigenvalue weighted by molar-refractivity contribution is 6.11. The van der Waals surface area contributed by atoms with Gasteiger partial charge in [-0.05, 0) is 49.2 Å². The Bertz CT molecular complexity index is 660. The van der Waals surface area contributed by atoms with E-state index in [4.69, 9.17) is 0 Å². The second-order valence-corrected chi connectivity index (χ2v) is 4.45. The lowest BCUT2D eigenvalue weighted by atomic mass is 9.94. The first kappa shape index (κ1) is 13.1. The fourth-order valence-corrected chi connectivity index (χ4v) is 2.04. The molecule has 2 aromatic rings. The van der Waals surface area contributed by atoms with Crippen LogP contribution in [-0.2, 0) is 0 Å². The Morgan fingerprint density at radius 3 is 2.42 bits per heavy atom. The molecule has 0 saturated carbocycles. The summed E-state index contributed by atoms with van der Waals surface area (Å²) < 4.78 is 13.7. The molecule has 2 aromatic carbocycles. The van der Waals surface area contributed by atoms with Crippen LogP contribution in [0.3, 0.4) is 0 Å². The van der Waals surface area contributed by atoms with E-state index >= 15 is 0 Å². The van der Waals surface area contributed by atoms with Gasteiger partial charge in [0.05, 0.1) is 5.56 Å². The molecule has 0 aliphatic carbocycles. The van der Waals surface area contributed by atoms with Gasteiger partial charge in [0.15, 0.2) is 5.78 Å². The van der Waals surface area contributed by atoms with Gasteiger partial charge < -0.3 is 0 Å². The number of ketones is 1. The second-order valence-electron chi connectivity index (χ2n) is 4.45. The number of carbonyl (C=O) groups is 2. The van der Waals surface area contributed by atoms with E-state index in [1.165, 1.54) is 18.2 Å². The molecule has 0 unspecified atom stereocenters. The number of aryl methyl sites for hydroxylation is 1. The first-order chi connectivity index (χ1) is 9.04. The number of rotatable bonds is 3. The molecule has 2 nitrogen and oxygen atoms in total. The monoisotopic (exact) mass is 256 g/mol. The molecule has 0 amide bonds. The van der Waals surface area contributed by atoms with E-state index in [1.54, 1.807) is 32.0 Å². The minimum absolute atomic E-state index is 0.0213. The van der Waals surface area contributed by atoms with Gasteiger partial charge in [-0.15, -0.1) is 0 Å². The predicted octanol–water partition coefficient (Wildman–Crippen LogP) is 3.49. The van der Waals surface area contributed by atoms with Crippen LogP contribution in [-0.4, -0.2) is 12.1 Å². The molecular formula is C16H13FO2. The maximum absolute atomic E-state index is 13.7. The molecule has 0 spiro atoms. The Morgan fingerprint density at radius 1 is 1.11 bits per heavy atom. The smallest absolute Gasteiger partial charge is 0.196 e. The zero-order valence-corrected chi connectivity index (χ0v) is 10.7. The van der Waals surface area contributed by atoms with Gasteiger partial charge >= 0.3 is 0 Å². The van der Waals surface area contributed by atoms with Crippen LogP contribution in [0.5, 0.6) is 0 Å². The third-order valence-corrected chi connectivity index (χ3v) is 3.08. The quantitative estimate of drug-likeness (QED) is 0.622. The molecule has 0 saturated heterocycles. The van der Waals surface area contributed by atoms with Crippen LogP contribution in [0.15, 0.2) is 36.4 Å². The van der Waals surface area contributed by atoms with Gasteiger partial charge in [-0.1, -0.05) is 12.1 Å². The Labute approximate surface area is 110 Å². The van der Waals surface area contributed by atoms with Crippen molar-refractivity contribution in [1.29, 1.82) is 0 Å². The molecule has 2 rings (SSSR count). The van der Waals surface area contributed by atoms with Crippen LogP contribution >= 0.6 is 0 Å². The maximum Gasteiger partial charge on any atom is 0.196 e. The summed E-state index contributed by atoms with van der Waals surface area (Å²) in [5.74, 6) is -0.955. The van der Waals surface area contributed by atoms with Crippen molar-refractivity contribution in [2.75, 3.05) is 0 Å². The van der Waals surface area contributed by atoms with Gasteiger partial charge in [-0.3, -0.25) is 9.59 Å². The molecule has 3 heteroatoms. The van der Waals surface area contributed by atoms with Crippen molar-refractivity contribution in [2.24, 2.45) is 0 Å². The molecule has 0 aliphatic rings. The zero-order valence-electron chi connectivity index (χ0n) is 10.7. The van der Waals surface area contributed by atoms with Gasteiger partial charge in [-0.25, -0.2) is 4.39 Å². The lowest BCUT2D eigenvalue weighted by molar-refractivity contribution is 0.103. The Kier molecular flexibility index (Phi) is 3.56. The normalized spacial score (nSPS) is 10.3. The molecule has 0 heterocycles. The molecule has 0 N–H and O–H groups in total. The van der Waals surface area contributed by atoms with Crippen LogP contribution in [0.4, 0.5) is 4.39 Å². The number of aldehydes is 1. The Hall–Kier alpha value is -2.29. The minimum Gasteiger partial charge on any atom is -0.298 e. The minimum atomic E-state index is -0.555. The fourth-order valence-electron chi connectivity index (χ4n) is 2.04. The molecule has 0 aliphatic heterocycles. The number of hydrogen-bond donors (Lipinski definition) is 0. The Morgan fingerprint density at radius 2 is 1.79 bits per heavy atom. The summed E-state index contributed by atoms with van der Waals surface area (Å²) in [4.78, 5) is 23.3. The van der Waals surface area contributed by atoms with Crippen molar-refractivity contribution >= 4 is 12.1 Å². The first-order valence-electron chi connectivity index (χ1n) is 5.90. The van der Waals surface area contributed by atoms with Crippen molar-refractivity contribution in [2.45, 2.75) is 13.8 Å². The molecule has 19 heavy (non-hydrogen) atoms. The van der Waals surface area contributed by atoms with E-state index in [0.29, 0.717) is 23.0 Å². The zero-order chi connectivity index (χ0) is 14.0. The van der Waals surface area contributed by atoms with Gasteiger partial charge in [0.1, 0.15) is 12.1 Å². The first-order valence-corrected chi connectivity index (χ1v) is 5.90. The summed E-state index contributed by atoms with van der Waals surface area (Å²) in [6, 6.07) is 9.23. The van der Waals surface area contributed by atoms with E-state index in [9.17, 15) is 14.0 Å². The number of carbonyl (C=O) groups excluding carboxylic acids is 2. The van der Waals surface area contributed by atoms with Gasteiger partial charge in [0, 0.05) is 11.1 Å². The lowest BCUT2D eigenvalue weighted by Gasteiger charge is -2.09. The van der Waals surface area contributed by atoms with Crippen LogP contribution in [0.25, 0.3) is 0 Å². The summed E-state index contributed by atoms with van der Waals surface area (Å²) in [5, 5.41) is 0. The van der Waals surface area contributed by atoms with Gasteiger partial charge in [0.2, 0.25) is 0 Å². The van der Waals surface area contributed by atoms with Gasteiger partial charge in [-0.2, -0.15) is 0 Å². The second kappa shape index (κ2) is 5.14. The van der Waals surface area contributed by atoms with Gasteiger partial charge in [0.25, 0.3) is 0 Å². The summed E-state index contributed by atoms with van der Waals surface area (Å²) >= 11 is 0. The maximum atomic E-state index is 13.7. The standard InChI is InChI=1S/C16H13FO2/c1-10-7-12(9-18)11(2)14(8-10)16(19)13-5-3-4-6-15(13)17/h3-9H,1-2H3. The third-order valence-electron chi connectivity index (χ3n) is 3.08. The van der Waals surface area contributed by atoms with E-state index in [-0.39, 0.29) is 5.56 Å². The predicted molar refractivity (Wildman–Crippen MR) is 71.1 cm³/mol. The number of hydrogen-bond acceptors (Lipinski definition) is 2. The molecule has 0 atom stereocenters. The molecular weight excluding hydrogens is 243 g/mol. The average Bonchev–Trinajstić information content (AvgIpc) is 2.40. The third kappa shape index (κ3) is 2.45. The molecule has 0 fully saturated rings. The van der Waals surface area contributed by atoms with Crippen molar-refractivity contribution < 1.29 is 14.0 Å².